The fourth-order valence-corrected chi connectivity index (χ4v) is 4.18. The summed E-state index contributed by atoms with van der Waals surface area (Å²) in [5, 5.41) is 0. The Kier molecular flexibility index (Phi) is 5.57. The maximum Gasteiger partial charge on any atom is 0.212 e. The van der Waals surface area contributed by atoms with E-state index in [0.29, 0.717) is 13.2 Å². The van der Waals surface area contributed by atoms with Crippen molar-refractivity contribution in [3.05, 3.63) is 35.9 Å². The molecule has 2 atom stereocenters. The van der Waals surface area contributed by atoms with Crippen LogP contribution in [0.15, 0.2) is 30.3 Å². The Morgan fingerprint density at radius 2 is 2.10 bits per heavy atom. The van der Waals surface area contributed by atoms with E-state index in [0.717, 1.165) is 19.3 Å². The van der Waals surface area contributed by atoms with Gasteiger partial charge in [0.05, 0.1) is 12.4 Å². The Balaban J connectivity index is 1.76. The average Bonchev–Trinajstić information content (AvgIpc) is 2.89. The normalized spacial score (nSPS) is 20.9. The lowest BCUT2D eigenvalue weighted by Crippen LogP contribution is -2.36. The maximum atomic E-state index is 12.0. The Morgan fingerprint density at radius 3 is 2.75 bits per heavy atom. The van der Waals surface area contributed by atoms with Gasteiger partial charge in [-0.2, -0.15) is 0 Å². The van der Waals surface area contributed by atoms with Gasteiger partial charge < -0.3 is 4.74 Å². The highest BCUT2D eigenvalue weighted by atomic mass is 32.2. The highest BCUT2D eigenvalue weighted by Crippen LogP contribution is 2.14. The lowest BCUT2D eigenvalue weighted by Gasteiger charge is -2.16. The molecule has 112 valence electrons. The largest absolute Gasteiger partial charge is 0.381 e. The van der Waals surface area contributed by atoms with Crippen LogP contribution in [0.1, 0.15) is 25.3 Å². The van der Waals surface area contributed by atoms with E-state index in [2.05, 4.69) is 16.9 Å². The smallest absolute Gasteiger partial charge is 0.212 e. The standard InChI is InChI=1S/C15H23NO3S/c1-13(7-8-14-5-3-2-4-6-14)16-20(17,18)12-15-9-10-19-11-15/h2-6,13,15-16H,7-12H2,1H3/t13-,15+/m0/s1. The zero-order valence-electron chi connectivity index (χ0n) is 11.9. The molecule has 1 aromatic carbocycles. The molecule has 5 heteroatoms. The van der Waals surface area contributed by atoms with Gasteiger partial charge in [0, 0.05) is 12.6 Å². The molecule has 0 bridgehead atoms. The van der Waals surface area contributed by atoms with Crippen LogP contribution in [0.25, 0.3) is 0 Å². The van der Waals surface area contributed by atoms with Crippen molar-refractivity contribution in [1.29, 1.82) is 0 Å². The molecule has 0 saturated carbocycles. The van der Waals surface area contributed by atoms with Crippen molar-refractivity contribution in [3.63, 3.8) is 0 Å². The van der Waals surface area contributed by atoms with Gasteiger partial charge in [-0.3, -0.25) is 0 Å². The molecule has 0 unspecified atom stereocenters. The number of rotatable bonds is 7. The Bertz CT molecular complexity index is 495. The predicted octanol–water partition coefficient (Wildman–Crippen LogP) is 1.96. The minimum Gasteiger partial charge on any atom is -0.381 e. The van der Waals surface area contributed by atoms with E-state index >= 15 is 0 Å². The molecule has 1 N–H and O–H groups in total. The van der Waals surface area contributed by atoms with Crippen molar-refractivity contribution in [2.24, 2.45) is 5.92 Å². The number of aryl methyl sites for hydroxylation is 1. The lowest BCUT2D eigenvalue weighted by molar-refractivity contribution is 0.188. The van der Waals surface area contributed by atoms with Gasteiger partial charge >= 0.3 is 0 Å². The SMILES string of the molecule is C[C@@H](CCc1ccccc1)NS(=O)(=O)C[C@@H]1CCOC1. The maximum absolute atomic E-state index is 12.0. The van der Waals surface area contributed by atoms with E-state index in [4.69, 9.17) is 4.74 Å². The van der Waals surface area contributed by atoms with Crippen LogP contribution >= 0.6 is 0 Å². The number of nitrogens with one attached hydrogen (secondary N) is 1. The molecule has 0 spiro atoms. The van der Waals surface area contributed by atoms with Crippen molar-refractivity contribution in [2.45, 2.75) is 32.2 Å². The molecule has 2 rings (SSSR count). The summed E-state index contributed by atoms with van der Waals surface area (Å²) in [5.41, 5.74) is 1.24. The Hall–Kier alpha value is -0.910. The summed E-state index contributed by atoms with van der Waals surface area (Å²) in [7, 11) is -3.20. The first-order valence-corrected chi connectivity index (χ1v) is 8.82. The minimum atomic E-state index is -3.20. The minimum absolute atomic E-state index is 0.0393. The summed E-state index contributed by atoms with van der Waals surface area (Å²) in [6.45, 7) is 3.18. The van der Waals surface area contributed by atoms with Gasteiger partial charge in [-0.15, -0.1) is 0 Å². The first kappa shape index (κ1) is 15.5. The highest BCUT2D eigenvalue weighted by Gasteiger charge is 2.24. The molecule has 4 nitrogen and oxygen atoms in total. The summed E-state index contributed by atoms with van der Waals surface area (Å²) in [4.78, 5) is 0. The third-order valence-corrected chi connectivity index (χ3v) is 5.24. The summed E-state index contributed by atoms with van der Waals surface area (Å²) >= 11 is 0. The molecule has 0 amide bonds. The van der Waals surface area contributed by atoms with E-state index < -0.39 is 10.0 Å². The molecule has 1 aliphatic rings. The first-order valence-electron chi connectivity index (χ1n) is 7.17. The number of hydrogen-bond donors (Lipinski definition) is 1. The zero-order valence-corrected chi connectivity index (χ0v) is 12.7. The van der Waals surface area contributed by atoms with Crippen LogP contribution in [0.5, 0.6) is 0 Å². The number of benzene rings is 1. The number of hydrogen-bond acceptors (Lipinski definition) is 3. The van der Waals surface area contributed by atoms with Gasteiger partial charge in [0.25, 0.3) is 0 Å². The first-order chi connectivity index (χ1) is 9.55. The van der Waals surface area contributed by atoms with Crippen LogP contribution in [0, 0.1) is 5.92 Å². The molecule has 20 heavy (non-hydrogen) atoms. The van der Waals surface area contributed by atoms with Crippen molar-refractivity contribution in [2.75, 3.05) is 19.0 Å². The summed E-state index contributed by atoms with van der Waals surface area (Å²) in [6.07, 6.45) is 2.54. The van der Waals surface area contributed by atoms with Gasteiger partial charge in [0.15, 0.2) is 0 Å². The molecule has 0 aliphatic carbocycles. The number of sulfonamides is 1. The second-order valence-electron chi connectivity index (χ2n) is 5.55. The van der Waals surface area contributed by atoms with E-state index in [-0.39, 0.29) is 17.7 Å². The van der Waals surface area contributed by atoms with Crippen LogP contribution < -0.4 is 4.72 Å². The van der Waals surface area contributed by atoms with Gasteiger partial charge in [-0.25, -0.2) is 13.1 Å². The zero-order chi connectivity index (χ0) is 14.4. The van der Waals surface area contributed by atoms with Crippen molar-refractivity contribution >= 4 is 10.0 Å². The molecule has 1 saturated heterocycles. The van der Waals surface area contributed by atoms with E-state index in [1.807, 2.05) is 25.1 Å². The molecule has 0 aromatic heterocycles. The molecule has 1 aliphatic heterocycles. The van der Waals surface area contributed by atoms with Crippen LogP contribution in [0.4, 0.5) is 0 Å². The molecule has 1 aromatic rings. The topological polar surface area (TPSA) is 55.4 Å². The van der Waals surface area contributed by atoms with Gasteiger partial charge in [-0.1, -0.05) is 30.3 Å². The third kappa shape index (κ3) is 5.23. The lowest BCUT2D eigenvalue weighted by atomic mass is 10.1. The fraction of sp³-hybridized carbons (Fsp3) is 0.600. The second kappa shape index (κ2) is 7.20. The predicted molar refractivity (Wildman–Crippen MR) is 80.1 cm³/mol. The van der Waals surface area contributed by atoms with Gasteiger partial charge in [0.1, 0.15) is 0 Å². The molecular weight excluding hydrogens is 274 g/mol. The molecular formula is C15H23NO3S. The van der Waals surface area contributed by atoms with Crippen molar-refractivity contribution in [3.8, 4) is 0 Å². The summed E-state index contributed by atoms with van der Waals surface area (Å²) in [6, 6.07) is 10.1. The Labute approximate surface area is 121 Å². The van der Waals surface area contributed by atoms with Crippen molar-refractivity contribution in [1.82, 2.24) is 4.72 Å². The van der Waals surface area contributed by atoms with E-state index in [9.17, 15) is 8.42 Å². The van der Waals surface area contributed by atoms with E-state index in [1.165, 1.54) is 5.56 Å². The van der Waals surface area contributed by atoms with Crippen molar-refractivity contribution < 1.29 is 13.2 Å². The highest BCUT2D eigenvalue weighted by molar-refractivity contribution is 7.89. The quantitative estimate of drug-likeness (QED) is 0.837. The van der Waals surface area contributed by atoms with Crippen LogP contribution in [-0.4, -0.2) is 33.4 Å². The summed E-state index contributed by atoms with van der Waals surface area (Å²) in [5.74, 6) is 0.330. The van der Waals surface area contributed by atoms with Gasteiger partial charge in [-0.05, 0) is 37.7 Å². The second-order valence-corrected chi connectivity index (χ2v) is 7.35. The monoisotopic (exact) mass is 297 g/mol. The van der Waals surface area contributed by atoms with Crippen LogP contribution in [-0.2, 0) is 21.2 Å². The molecule has 0 radical (unpaired) electrons. The van der Waals surface area contributed by atoms with Gasteiger partial charge in [0.2, 0.25) is 10.0 Å². The van der Waals surface area contributed by atoms with Crippen LogP contribution in [0.2, 0.25) is 0 Å². The number of ether oxygens (including phenoxy) is 1. The fourth-order valence-electron chi connectivity index (χ4n) is 2.47. The van der Waals surface area contributed by atoms with E-state index in [1.54, 1.807) is 0 Å². The molecule has 1 fully saturated rings. The molecule has 1 heterocycles. The summed E-state index contributed by atoms with van der Waals surface area (Å²) < 4.78 is 32.1. The Morgan fingerprint density at radius 1 is 1.35 bits per heavy atom. The third-order valence-electron chi connectivity index (χ3n) is 3.57. The average molecular weight is 297 g/mol. The van der Waals surface area contributed by atoms with Crippen LogP contribution in [0.3, 0.4) is 0 Å².